The van der Waals surface area contributed by atoms with Crippen molar-refractivity contribution in [3.8, 4) is 0 Å². The molecule has 7 heteroatoms. The van der Waals surface area contributed by atoms with Crippen molar-refractivity contribution in [1.82, 2.24) is 5.32 Å². The Bertz CT molecular complexity index is 572. The molecule has 0 aliphatic carbocycles. The summed E-state index contributed by atoms with van der Waals surface area (Å²) in [5.41, 5.74) is 6.67. The van der Waals surface area contributed by atoms with Crippen LogP contribution in [0.25, 0.3) is 0 Å². The fraction of sp³-hybridized carbons (Fsp3) is 0.500. The number of nitrogens with one attached hydrogen (secondary N) is 1. The number of rotatable bonds is 7. The molecule has 0 saturated heterocycles. The van der Waals surface area contributed by atoms with Crippen LogP contribution >= 0.6 is 11.6 Å². The minimum absolute atomic E-state index is 0.0979. The quantitative estimate of drug-likeness (QED) is 0.794. The van der Waals surface area contributed by atoms with Crippen LogP contribution in [0.2, 0.25) is 5.02 Å². The lowest BCUT2D eigenvalue weighted by molar-refractivity contribution is -0.123. The largest absolute Gasteiger partial charge is 0.348 e. The second-order valence-corrected chi connectivity index (χ2v) is 7.74. The van der Waals surface area contributed by atoms with Gasteiger partial charge in [-0.05, 0) is 30.5 Å². The van der Waals surface area contributed by atoms with Gasteiger partial charge in [0, 0.05) is 11.3 Å². The van der Waals surface area contributed by atoms with Crippen molar-refractivity contribution in [3.05, 3.63) is 34.9 Å². The zero-order chi connectivity index (χ0) is 16.0. The molecule has 0 spiro atoms. The van der Waals surface area contributed by atoms with Crippen molar-refractivity contribution in [2.24, 2.45) is 5.73 Å². The summed E-state index contributed by atoms with van der Waals surface area (Å²) < 4.78 is 22.2. The number of benzene rings is 1. The van der Waals surface area contributed by atoms with E-state index in [0.29, 0.717) is 11.4 Å². The average molecular weight is 333 g/mol. The van der Waals surface area contributed by atoms with E-state index < -0.39 is 15.9 Å². The van der Waals surface area contributed by atoms with Gasteiger partial charge in [-0.15, -0.1) is 0 Å². The van der Waals surface area contributed by atoms with Crippen LogP contribution in [0.15, 0.2) is 24.3 Å². The van der Waals surface area contributed by atoms with Crippen molar-refractivity contribution >= 4 is 27.3 Å². The Morgan fingerprint density at radius 2 is 1.90 bits per heavy atom. The highest BCUT2D eigenvalue weighted by Crippen LogP contribution is 2.19. The number of sulfone groups is 1. The molecule has 0 radical (unpaired) electrons. The number of hydrogen-bond acceptors (Lipinski definition) is 4. The van der Waals surface area contributed by atoms with Gasteiger partial charge in [-0.2, -0.15) is 0 Å². The maximum atomic E-state index is 12.0. The number of amides is 1. The lowest BCUT2D eigenvalue weighted by Gasteiger charge is -2.20. The SMILES string of the molecule is CCC(NC(=O)C(N)CCS(C)(=O)=O)c1ccc(Cl)cc1. The Morgan fingerprint density at radius 3 is 2.38 bits per heavy atom. The summed E-state index contributed by atoms with van der Waals surface area (Å²) in [6, 6.07) is 6.21. The first-order valence-corrected chi connectivity index (χ1v) is 9.16. The van der Waals surface area contributed by atoms with Gasteiger partial charge in [0.2, 0.25) is 5.91 Å². The molecule has 0 heterocycles. The zero-order valence-electron chi connectivity index (χ0n) is 12.2. The normalized spacial score (nSPS) is 14.5. The van der Waals surface area contributed by atoms with Gasteiger partial charge in [-0.1, -0.05) is 30.7 Å². The van der Waals surface area contributed by atoms with Crippen LogP contribution in [0.5, 0.6) is 0 Å². The van der Waals surface area contributed by atoms with E-state index in [1.54, 1.807) is 12.1 Å². The van der Waals surface area contributed by atoms with Gasteiger partial charge in [0.05, 0.1) is 17.8 Å². The first-order chi connectivity index (χ1) is 9.73. The predicted octanol–water partition coefficient (Wildman–Crippen LogP) is 1.67. The first kappa shape index (κ1) is 17.9. The maximum absolute atomic E-state index is 12.0. The van der Waals surface area contributed by atoms with E-state index in [1.807, 2.05) is 19.1 Å². The summed E-state index contributed by atoms with van der Waals surface area (Å²) >= 11 is 5.84. The highest BCUT2D eigenvalue weighted by molar-refractivity contribution is 7.90. The van der Waals surface area contributed by atoms with Gasteiger partial charge in [-0.3, -0.25) is 4.79 Å². The van der Waals surface area contributed by atoms with Crippen LogP contribution < -0.4 is 11.1 Å². The van der Waals surface area contributed by atoms with Crippen LogP contribution in [-0.4, -0.2) is 32.4 Å². The molecule has 2 unspecified atom stereocenters. The Morgan fingerprint density at radius 1 is 1.33 bits per heavy atom. The lowest BCUT2D eigenvalue weighted by Crippen LogP contribution is -2.43. The van der Waals surface area contributed by atoms with E-state index in [4.69, 9.17) is 17.3 Å². The molecule has 0 fully saturated rings. The van der Waals surface area contributed by atoms with Crippen molar-refractivity contribution in [1.29, 1.82) is 0 Å². The highest BCUT2D eigenvalue weighted by Gasteiger charge is 2.19. The number of nitrogens with two attached hydrogens (primary N) is 1. The van der Waals surface area contributed by atoms with E-state index in [1.165, 1.54) is 0 Å². The summed E-state index contributed by atoms with van der Waals surface area (Å²) in [5.74, 6) is -0.445. The van der Waals surface area contributed by atoms with Gasteiger partial charge in [0.25, 0.3) is 0 Å². The standard InChI is InChI=1S/C14H21ClN2O3S/c1-3-13(10-4-6-11(15)7-5-10)17-14(18)12(16)8-9-21(2,19)20/h4-7,12-13H,3,8-9,16H2,1-2H3,(H,17,18). The van der Waals surface area contributed by atoms with E-state index in [-0.39, 0.29) is 24.1 Å². The minimum atomic E-state index is -3.12. The van der Waals surface area contributed by atoms with Gasteiger partial charge >= 0.3 is 0 Å². The molecule has 3 N–H and O–H groups in total. The van der Waals surface area contributed by atoms with Gasteiger partial charge in [0.15, 0.2) is 0 Å². The minimum Gasteiger partial charge on any atom is -0.348 e. The Kier molecular flexibility index (Phi) is 6.64. The van der Waals surface area contributed by atoms with Crippen molar-refractivity contribution in [3.63, 3.8) is 0 Å². The molecular formula is C14H21ClN2O3S. The molecule has 2 atom stereocenters. The average Bonchev–Trinajstić information content (AvgIpc) is 2.42. The van der Waals surface area contributed by atoms with Crippen molar-refractivity contribution in [2.45, 2.75) is 31.8 Å². The first-order valence-electron chi connectivity index (χ1n) is 6.72. The molecule has 1 aromatic carbocycles. The second-order valence-electron chi connectivity index (χ2n) is 5.05. The molecule has 21 heavy (non-hydrogen) atoms. The third-order valence-electron chi connectivity index (χ3n) is 3.13. The molecule has 1 rings (SSSR count). The fourth-order valence-corrected chi connectivity index (χ4v) is 2.68. The zero-order valence-corrected chi connectivity index (χ0v) is 13.7. The van der Waals surface area contributed by atoms with Crippen LogP contribution in [0.3, 0.4) is 0 Å². The molecule has 1 amide bonds. The topological polar surface area (TPSA) is 89.3 Å². The molecule has 0 aliphatic rings. The van der Waals surface area contributed by atoms with E-state index >= 15 is 0 Å². The molecule has 5 nitrogen and oxygen atoms in total. The second kappa shape index (κ2) is 7.77. The lowest BCUT2D eigenvalue weighted by atomic mass is 10.0. The Labute approximate surface area is 130 Å². The molecule has 0 saturated carbocycles. The predicted molar refractivity (Wildman–Crippen MR) is 84.9 cm³/mol. The smallest absolute Gasteiger partial charge is 0.237 e. The van der Waals surface area contributed by atoms with Gasteiger partial charge < -0.3 is 11.1 Å². The van der Waals surface area contributed by atoms with Gasteiger partial charge in [0.1, 0.15) is 9.84 Å². The van der Waals surface area contributed by atoms with Crippen molar-refractivity contribution < 1.29 is 13.2 Å². The third-order valence-corrected chi connectivity index (χ3v) is 4.36. The summed E-state index contributed by atoms with van der Waals surface area (Å²) in [7, 11) is -3.12. The van der Waals surface area contributed by atoms with Gasteiger partial charge in [-0.25, -0.2) is 8.42 Å². The molecular weight excluding hydrogens is 312 g/mol. The molecule has 1 aromatic rings. The van der Waals surface area contributed by atoms with E-state index in [0.717, 1.165) is 11.8 Å². The van der Waals surface area contributed by atoms with E-state index in [9.17, 15) is 13.2 Å². The molecule has 0 aliphatic heterocycles. The summed E-state index contributed by atoms with van der Waals surface area (Å²) in [6.45, 7) is 1.95. The maximum Gasteiger partial charge on any atom is 0.237 e. The number of hydrogen-bond donors (Lipinski definition) is 2. The number of carbonyl (C=O) groups excluding carboxylic acids is 1. The van der Waals surface area contributed by atoms with Crippen molar-refractivity contribution in [2.75, 3.05) is 12.0 Å². The van der Waals surface area contributed by atoms with Crippen LogP contribution in [-0.2, 0) is 14.6 Å². The molecule has 0 bridgehead atoms. The summed E-state index contributed by atoms with van der Waals surface area (Å²) in [4.78, 5) is 12.0. The summed E-state index contributed by atoms with van der Waals surface area (Å²) in [5, 5.41) is 3.47. The number of carbonyl (C=O) groups is 1. The van der Waals surface area contributed by atoms with Crippen LogP contribution in [0, 0.1) is 0 Å². The van der Waals surface area contributed by atoms with E-state index in [2.05, 4.69) is 5.32 Å². The monoisotopic (exact) mass is 332 g/mol. The van der Waals surface area contributed by atoms with Crippen LogP contribution in [0.4, 0.5) is 0 Å². The molecule has 0 aromatic heterocycles. The Hall–Kier alpha value is -1.11. The Balaban J connectivity index is 2.64. The number of halogens is 1. The summed E-state index contributed by atoms with van der Waals surface area (Å²) in [6.07, 6.45) is 1.94. The fourth-order valence-electron chi connectivity index (χ4n) is 1.87. The van der Waals surface area contributed by atoms with Crippen LogP contribution in [0.1, 0.15) is 31.4 Å². The highest BCUT2D eigenvalue weighted by atomic mass is 35.5. The third kappa shape index (κ3) is 6.46. The molecule has 118 valence electrons.